The minimum Gasteiger partial charge on any atom is -0.497 e. The number of furan rings is 1. The third kappa shape index (κ3) is 3.96. The van der Waals surface area contributed by atoms with Crippen LogP contribution in [0.4, 0.5) is 5.69 Å². The van der Waals surface area contributed by atoms with Gasteiger partial charge in [-0.05, 0) is 31.2 Å². The van der Waals surface area contributed by atoms with Gasteiger partial charge in [0.2, 0.25) is 11.5 Å². The first-order chi connectivity index (χ1) is 15.0. The van der Waals surface area contributed by atoms with E-state index in [9.17, 15) is 9.59 Å². The fraction of sp³-hybridized carbons (Fsp3) is 0.227. The summed E-state index contributed by atoms with van der Waals surface area (Å²) in [5.41, 5.74) is 1.57. The fourth-order valence-electron chi connectivity index (χ4n) is 3.27. The van der Waals surface area contributed by atoms with Crippen LogP contribution in [0.1, 0.15) is 6.92 Å². The molecule has 0 bridgehead atoms. The van der Waals surface area contributed by atoms with Crippen molar-refractivity contribution in [2.24, 2.45) is 0 Å². The summed E-state index contributed by atoms with van der Waals surface area (Å²) in [6, 6.07) is 12.5. The zero-order chi connectivity index (χ0) is 22.0. The second-order valence-electron chi connectivity index (χ2n) is 6.62. The Kier molecular flexibility index (Phi) is 5.85. The number of nitrogens with zero attached hydrogens (tertiary/aromatic N) is 2. The first-order valence-electron chi connectivity index (χ1n) is 9.62. The minimum absolute atomic E-state index is 0.0636. The van der Waals surface area contributed by atoms with Crippen molar-refractivity contribution in [1.82, 2.24) is 9.55 Å². The molecule has 160 valence electrons. The molecule has 0 unspecified atom stereocenters. The monoisotopic (exact) mass is 439 g/mol. The van der Waals surface area contributed by atoms with Crippen LogP contribution in [-0.4, -0.2) is 35.4 Å². The van der Waals surface area contributed by atoms with Crippen LogP contribution in [0.5, 0.6) is 11.5 Å². The lowest BCUT2D eigenvalue weighted by atomic mass is 10.2. The number of rotatable bonds is 7. The van der Waals surface area contributed by atoms with E-state index in [0.29, 0.717) is 40.0 Å². The van der Waals surface area contributed by atoms with E-state index in [4.69, 9.17) is 13.9 Å². The molecule has 0 fully saturated rings. The molecule has 0 aliphatic heterocycles. The van der Waals surface area contributed by atoms with Gasteiger partial charge in [0.1, 0.15) is 22.6 Å². The lowest BCUT2D eigenvalue weighted by molar-refractivity contribution is -0.113. The van der Waals surface area contributed by atoms with E-state index in [1.165, 1.54) is 23.4 Å². The maximum absolute atomic E-state index is 12.9. The van der Waals surface area contributed by atoms with Gasteiger partial charge in [-0.3, -0.25) is 14.2 Å². The number of para-hydroxylation sites is 1. The number of anilines is 1. The highest BCUT2D eigenvalue weighted by atomic mass is 32.2. The third-order valence-electron chi connectivity index (χ3n) is 4.78. The Morgan fingerprint density at radius 3 is 2.74 bits per heavy atom. The molecule has 2 aromatic heterocycles. The van der Waals surface area contributed by atoms with E-state index in [1.54, 1.807) is 31.4 Å². The van der Waals surface area contributed by atoms with Crippen molar-refractivity contribution < 1.29 is 18.7 Å². The Morgan fingerprint density at radius 2 is 2.00 bits per heavy atom. The van der Waals surface area contributed by atoms with Crippen molar-refractivity contribution in [2.45, 2.75) is 18.6 Å². The number of hydrogen-bond acceptors (Lipinski definition) is 7. The highest BCUT2D eigenvalue weighted by Gasteiger charge is 2.18. The van der Waals surface area contributed by atoms with Gasteiger partial charge in [-0.25, -0.2) is 4.98 Å². The van der Waals surface area contributed by atoms with E-state index in [0.717, 1.165) is 5.39 Å². The van der Waals surface area contributed by atoms with Crippen molar-refractivity contribution in [3.05, 3.63) is 52.8 Å². The van der Waals surface area contributed by atoms with Gasteiger partial charge in [-0.1, -0.05) is 23.9 Å². The van der Waals surface area contributed by atoms with E-state index < -0.39 is 0 Å². The SMILES string of the molecule is CCn1c(SCC(=O)Nc2cc(OC)ccc2OC)nc2c(oc3ccccc32)c1=O. The molecule has 31 heavy (non-hydrogen) atoms. The molecule has 0 aliphatic rings. The van der Waals surface area contributed by atoms with Crippen LogP contribution in [0.15, 0.2) is 56.8 Å². The summed E-state index contributed by atoms with van der Waals surface area (Å²) in [6.07, 6.45) is 0. The van der Waals surface area contributed by atoms with Crippen molar-refractivity contribution in [1.29, 1.82) is 0 Å². The molecule has 1 amide bonds. The molecule has 0 radical (unpaired) electrons. The second kappa shape index (κ2) is 8.73. The van der Waals surface area contributed by atoms with E-state index in [2.05, 4.69) is 10.3 Å². The standard InChI is InChI=1S/C22H21N3O5S/c1-4-25-21(27)20-19(14-7-5-6-8-16(14)30-20)24-22(25)31-12-18(26)23-15-11-13(28-2)9-10-17(15)29-3/h5-11H,4,12H2,1-3H3,(H,23,26). The maximum atomic E-state index is 12.9. The molecule has 2 aromatic carbocycles. The summed E-state index contributed by atoms with van der Waals surface area (Å²) in [7, 11) is 3.08. The molecule has 0 spiro atoms. The van der Waals surface area contributed by atoms with Crippen LogP contribution < -0.4 is 20.3 Å². The molecule has 0 saturated carbocycles. The molecule has 9 heteroatoms. The van der Waals surface area contributed by atoms with Crippen LogP contribution in [0.2, 0.25) is 0 Å². The number of carbonyl (C=O) groups excluding carboxylic acids is 1. The molecule has 0 aliphatic carbocycles. The van der Waals surface area contributed by atoms with Crippen molar-refractivity contribution in [3.8, 4) is 11.5 Å². The smallest absolute Gasteiger partial charge is 0.297 e. The Labute approximate surface area is 182 Å². The summed E-state index contributed by atoms with van der Waals surface area (Å²) in [4.78, 5) is 30.2. The topological polar surface area (TPSA) is 95.6 Å². The number of benzene rings is 2. The number of thioether (sulfide) groups is 1. The highest BCUT2D eigenvalue weighted by molar-refractivity contribution is 7.99. The number of carbonyl (C=O) groups is 1. The first kappa shape index (κ1) is 20.8. The molecule has 4 aromatic rings. The van der Waals surface area contributed by atoms with Gasteiger partial charge in [0.15, 0.2) is 5.16 Å². The zero-order valence-corrected chi connectivity index (χ0v) is 18.1. The number of hydrogen-bond donors (Lipinski definition) is 1. The van der Waals surface area contributed by atoms with Gasteiger partial charge >= 0.3 is 0 Å². The third-order valence-corrected chi connectivity index (χ3v) is 5.75. The second-order valence-corrected chi connectivity index (χ2v) is 7.57. The van der Waals surface area contributed by atoms with Crippen molar-refractivity contribution in [3.63, 3.8) is 0 Å². The van der Waals surface area contributed by atoms with Crippen LogP contribution in [-0.2, 0) is 11.3 Å². The van der Waals surface area contributed by atoms with Crippen LogP contribution in [0, 0.1) is 0 Å². The zero-order valence-electron chi connectivity index (χ0n) is 17.3. The van der Waals surface area contributed by atoms with Crippen molar-refractivity contribution >= 4 is 45.4 Å². The van der Waals surface area contributed by atoms with Gasteiger partial charge in [-0.2, -0.15) is 0 Å². The maximum Gasteiger partial charge on any atom is 0.297 e. The summed E-state index contributed by atoms with van der Waals surface area (Å²) in [5.74, 6) is 0.927. The van der Waals surface area contributed by atoms with E-state index in [-0.39, 0.29) is 22.8 Å². The molecule has 1 N–H and O–H groups in total. The van der Waals surface area contributed by atoms with E-state index >= 15 is 0 Å². The average Bonchev–Trinajstić information content (AvgIpc) is 3.16. The molecule has 4 rings (SSSR count). The number of ether oxygens (including phenoxy) is 2. The lowest BCUT2D eigenvalue weighted by Crippen LogP contribution is -2.23. The van der Waals surface area contributed by atoms with Gasteiger partial charge in [0, 0.05) is 18.0 Å². The summed E-state index contributed by atoms with van der Waals surface area (Å²) in [5, 5.41) is 4.05. The van der Waals surface area contributed by atoms with Gasteiger partial charge in [0.25, 0.3) is 5.56 Å². The van der Waals surface area contributed by atoms with E-state index in [1.807, 2.05) is 25.1 Å². The average molecular weight is 439 g/mol. The van der Waals surface area contributed by atoms with Crippen molar-refractivity contribution in [2.75, 3.05) is 25.3 Å². The minimum atomic E-state index is -0.263. The Hall–Kier alpha value is -3.46. The lowest BCUT2D eigenvalue weighted by Gasteiger charge is -2.12. The first-order valence-corrected chi connectivity index (χ1v) is 10.6. The summed E-state index contributed by atoms with van der Waals surface area (Å²) in [6.45, 7) is 2.26. The summed E-state index contributed by atoms with van der Waals surface area (Å²) < 4.78 is 17.7. The molecule has 0 atom stereocenters. The van der Waals surface area contributed by atoms with Gasteiger partial charge < -0.3 is 19.2 Å². The number of methoxy groups -OCH3 is 2. The number of aromatic nitrogens is 2. The molecule has 0 saturated heterocycles. The van der Waals surface area contributed by atoms with Crippen LogP contribution >= 0.6 is 11.8 Å². The number of fused-ring (bicyclic) bond motifs is 3. The predicted molar refractivity (Wildman–Crippen MR) is 120 cm³/mol. The predicted octanol–water partition coefficient (Wildman–Crippen LogP) is 3.91. The quantitative estimate of drug-likeness (QED) is 0.344. The summed E-state index contributed by atoms with van der Waals surface area (Å²) >= 11 is 1.19. The Balaban J connectivity index is 1.61. The largest absolute Gasteiger partial charge is 0.497 e. The fourth-order valence-corrected chi connectivity index (χ4v) is 4.13. The molecular formula is C22H21N3O5S. The highest BCUT2D eigenvalue weighted by Crippen LogP contribution is 2.30. The number of amides is 1. The number of nitrogens with one attached hydrogen (secondary N) is 1. The molecule has 2 heterocycles. The normalized spacial score (nSPS) is 11.1. The van der Waals surface area contributed by atoms with Crippen LogP contribution in [0.3, 0.4) is 0 Å². The Morgan fingerprint density at radius 1 is 1.19 bits per heavy atom. The molecular weight excluding hydrogens is 418 g/mol. The molecule has 8 nitrogen and oxygen atoms in total. The van der Waals surface area contributed by atoms with Crippen LogP contribution in [0.25, 0.3) is 22.1 Å². The van der Waals surface area contributed by atoms with Gasteiger partial charge in [0.05, 0.1) is 25.7 Å². The Bertz CT molecular complexity index is 1330. The van der Waals surface area contributed by atoms with Gasteiger partial charge in [-0.15, -0.1) is 0 Å².